The van der Waals surface area contributed by atoms with Crippen LogP contribution in [0.25, 0.3) is 0 Å². The quantitative estimate of drug-likeness (QED) is 0.825. The van der Waals surface area contributed by atoms with Gasteiger partial charge >= 0.3 is 0 Å². The number of nitrogens with one attached hydrogen (secondary N) is 1. The summed E-state index contributed by atoms with van der Waals surface area (Å²) in [7, 11) is 1.57. The third-order valence-electron chi connectivity index (χ3n) is 4.75. The van der Waals surface area contributed by atoms with Crippen LogP contribution in [0.2, 0.25) is 0 Å². The van der Waals surface area contributed by atoms with E-state index in [-0.39, 0.29) is 24.2 Å². The molecule has 0 spiro atoms. The lowest BCUT2D eigenvalue weighted by Crippen LogP contribution is -2.51. The maximum absolute atomic E-state index is 12.9. The second kappa shape index (κ2) is 9.32. The monoisotopic (exact) mass is 385 g/mol. The molecule has 0 aromatic heterocycles. The van der Waals surface area contributed by atoms with Crippen LogP contribution in [0.5, 0.6) is 5.75 Å². The van der Waals surface area contributed by atoms with Gasteiger partial charge in [-0.25, -0.2) is 4.39 Å². The Balaban J connectivity index is 1.43. The van der Waals surface area contributed by atoms with Crippen LogP contribution in [-0.4, -0.2) is 61.4 Å². The molecule has 7 heteroatoms. The number of carbonyl (C=O) groups is 2. The van der Waals surface area contributed by atoms with Crippen molar-refractivity contribution in [2.75, 3.05) is 39.8 Å². The van der Waals surface area contributed by atoms with Crippen molar-refractivity contribution in [3.8, 4) is 5.75 Å². The summed E-state index contributed by atoms with van der Waals surface area (Å²) in [6.07, 6.45) is 0. The zero-order chi connectivity index (χ0) is 19.9. The number of hydrogen-bond acceptors (Lipinski definition) is 4. The van der Waals surface area contributed by atoms with Crippen LogP contribution in [0.4, 0.5) is 4.39 Å². The van der Waals surface area contributed by atoms with E-state index in [1.807, 2.05) is 4.90 Å². The van der Waals surface area contributed by atoms with Crippen molar-refractivity contribution in [1.82, 2.24) is 15.1 Å². The van der Waals surface area contributed by atoms with Crippen molar-refractivity contribution in [2.24, 2.45) is 0 Å². The average molecular weight is 385 g/mol. The Labute approximate surface area is 163 Å². The van der Waals surface area contributed by atoms with Crippen molar-refractivity contribution in [3.05, 3.63) is 65.5 Å². The Hall–Kier alpha value is -2.93. The molecule has 1 saturated heterocycles. The molecule has 2 amide bonds. The minimum Gasteiger partial charge on any atom is -0.497 e. The Morgan fingerprint density at radius 3 is 2.46 bits per heavy atom. The molecule has 1 heterocycles. The Kier molecular flexibility index (Phi) is 6.60. The molecular weight excluding hydrogens is 361 g/mol. The molecule has 0 saturated carbocycles. The number of hydrogen-bond donors (Lipinski definition) is 1. The number of carbonyl (C=O) groups excluding carboxylic acids is 2. The van der Waals surface area contributed by atoms with E-state index in [0.717, 1.165) is 5.56 Å². The van der Waals surface area contributed by atoms with Gasteiger partial charge in [-0.3, -0.25) is 14.5 Å². The summed E-state index contributed by atoms with van der Waals surface area (Å²) in [4.78, 5) is 28.6. The number of rotatable bonds is 6. The highest BCUT2D eigenvalue weighted by molar-refractivity contribution is 5.94. The number of piperazine rings is 1. The first-order valence-corrected chi connectivity index (χ1v) is 9.22. The number of amides is 2. The Morgan fingerprint density at radius 1 is 1.07 bits per heavy atom. The predicted octanol–water partition coefficient (Wildman–Crippen LogP) is 1.91. The minimum absolute atomic E-state index is 0.0284. The Bertz CT molecular complexity index is 818. The largest absolute Gasteiger partial charge is 0.497 e. The zero-order valence-corrected chi connectivity index (χ0v) is 15.9. The standard InChI is InChI=1S/C21H24FN3O3/c1-28-19-4-2-3-17(13-19)21(27)25-11-9-24(10-12-25)15-20(26)23-14-16-5-7-18(22)8-6-16/h2-8,13H,9-12,14-15H2,1H3,(H,23,26). The third-order valence-corrected chi connectivity index (χ3v) is 4.75. The molecular formula is C21H24FN3O3. The highest BCUT2D eigenvalue weighted by Crippen LogP contribution is 2.15. The maximum atomic E-state index is 12.9. The van der Waals surface area contributed by atoms with Crippen molar-refractivity contribution >= 4 is 11.8 Å². The molecule has 28 heavy (non-hydrogen) atoms. The summed E-state index contributed by atoms with van der Waals surface area (Å²) in [5.41, 5.74) is 1.45. The van der Waals surface area contributed by atoms with Crippen LogP contribution in [0.15, 0.2) is 48.5 Å². The normalized spacial score (nSPS) is 14.6. The minimum atomic E-state index is -0.295. The molecule has 148 valence electrons. The highest BCUT2D eigenvalue weighted by Gasteiger charge is 2.23. The van der Waals surface area contributed by atoms with Crippen molar-refractivity contribution in [3.63, 3.8) is 0 Å². The van der Waals surface area contributed by atoms with E-state index in [1.54, 1.807) is 48.4 Å². The summed E-state index contributed by atoms with van der Waals surface area (Å²) in [6.45, 7) is 3.07. The number of methoxy groups -OCH3 is 1. The number of halogens is 1. The average Bonchev–Trinajstić information content (AvgIpc) is 2.73. The SMILES string of the molecule is COc1cccc(C(=O)N2CCN(CC(=O)NCc3ccc(F)cc3)CC2)c1. The molecule has 0 aliphatic carbocycles. The second-order valence-corrected chi connectivity index (χ2v) is 6.70. The fourth-order valence-corrected chi connectivity index (χ4v) is 3.11. The molecule has 3 rings (SSSR count). The molecule has 1 fully saturated rings. The summed E-state index contributed by atoms with van der Waals surface area (Å²) in [5.74, 6) is 0.245. The van der Waals surface area contributed by atoms with Gasteiger partial charge in [-0.15, -0.1) is 0 Å². The Morgan fingerprint density at radius 2 is 1.79 bits per heavy atom. The molecule has 6 nitrogen and oxygen atoms in total. The fraction of sp³-hybridized carbons (Fsp3) is 0.333. The van der Waals surface area contributed by atoms with Crippen LogP contribution < -0.4 is 10.1 Å². The van der Waals surface area contributed by atoms with Gasteiger partial charge < -0.3 is 15.0 Å². The van der Waals surface area contributed by atoms with E-state index in [4.69, 9.17) is 4.74 Å². The molecule has 1 aliphatic heterocycles. The van der Waals surface area contributed by atoms with Gasteiger partial charge in [0.1, 0.15) is 11.6 Å². The molecule has 2 aromatic rings. The molecule has 0 unspecified atom stereocenters. The van der Waals surface area contributed by atoms with E-state index in [1.165, 1.54) is 12.1 Å². The number of ether oxygens (including phenoxy) is 1. The van der Waals surface area contributed by atoms with Gasteiger partial charge in [0.15, 0.2) is 0 Å². The third kappa shape index (κ3) is 5.29. The lowest BCUT2D eigenvalue weighted by Gasteiger charge is -2.34. The van der Waals surface area contributed by atoms with E-state index in [0.29, 0.717) is 44.0 Å². The molecule has 0 radical (unpaired) electrons. The van der Waals surface area contributed by atoms with Crippen LogP contribution in [0.3, 0.4) is 0 Å². The van der Waals surface area contributed by atoms with Gasteiger partial charge in [-0.2, -0.15) is 0 Å². The molecule has 0 bridgehead atoms. The first kappa shape index (κ1) is 19.8. The summed E-state index contributed by atoms with van der Waals surface area (Å²) in [6, 6.07) is 13.2. The summed E-state index contributed by atoms with van der Waals surface area (Å²) in [5, 5.41) is 2.84. The van der Waals surface area contributed by atoms with Gasteiger partial charge in [0.2, 0.25) is 5.91 Å². The van der Waals surface area contributed by atoms with Gasteiger partial charge in [-0.05, 0) is 35.9 Å². The first-order chi connectivity index (χ1) is 13.5. The van der Waals surface area contributed by atoms with Gasteiger partial charge in [0.25, 0.3) is 5.91 Å². The van der Waals surface area contributed by atoms with E-state index < -0.39 is 0 Å². The van der Waals surface area contributed by atoms with Gasteiger partial charge in [0, 0.05) is 38.3 Å². The molecule has 1 N–H and O–H groups in total. The van der Waals surface area contributed by atoms with Crippen molar-refractivity contribution in [1.29, 1.82) is 0 Å². The smallest absolute Gasteiger partial charge is 0.254 e. The maximum Gasteiger partial charge on any atom is 0.254 e. The number of nitrogens with zero attached hydrogens (tertiary/aromatic N) is 2. The van der Waals surface area contributed by atoms with Crippen LogP contribution in [0, 0.1) is 5.82 Å². The fourth-order valence-electron chi connectivity index (χ4n) is 3.11. The van der Waals surface area contributed by atoms with Crippen molar-refractivity contribution in [2.45, 2.75) is 6.54 Å². The topological polar surface area (TPSA) is 61.9 Å². The predicted molar refractivity (Wildman–Crippen MR) is 104 cm³/mol. The van der Waals surface area contributed by atoms with Crippen LogP contribution in [0.1, 0.15) is 15.9 Å². The lowest BCUT2D eigenvalue weighted by atomic mass is 10.1. The molecule has 0 atom stereocenters. The lowest BCUT2D eigenvalue weighted by molar-refractivity contribution is -0.122. The number of benzene rings is 2. The van der Waals surface area contributed by atoms with E-state index in [2.05, 4.69) is 5.32 Å². The van der Waals surface area contributed by atoms with Gasteiger partial charge in [0.05, 0.1) is 13.7 Å². The van der Waals surface area contributed by atoms with Gasteiger partial charge in [-0.1, -0.05) is 18.2 Å². The van der Waals surface area contributed by atoms with Crippen LogP contribution >= 0.6 is 0 Å². The summed E-state index contributed by atoms with van der Waals surface area (Å²) < 4.78 is 18.1. The first-order valence-electron chi connectivity index (χ1n) is 9.22. The summed E-state index contributed by atoms with van der Waals surface area (Å²) >= 11 is 0. The molecule has 2 aromatic carbocycles. The van der Waals surface area contributed by atoms with Crippen molar-refractivity contribution < 1.29 is 18.7 Å². The van der Waals surface area contributed by atoms with E-state index >= 15 is 0 Å². The second-order valence-electron chi connectivity index (χ2n) is 6.70. The van der Waals surface area contributed by atoms with E-state index in [9.17, 15) is 14.0 Å². The zero-order valence-electron chi connectivity index (χ0n) is 15.9. The van der Waals surface area contributed by atoms with Crippen LogP contribution in [-0.2, 0) is 11.3 Å². The molecule has 1 aliphatic rings. The highest BCUT2D eigenvalue weighted by atomic mass is 19.1.